The molecule has 1 atom stereocenters. The molecule has 0 fully saturated rings. The summed E-state index contributed by atoms with van der Waals surface area (Å²) in [4.78, 5) is 25.1. The van der Waals surface area contributed by atoms with Crippen LogP contribution in [0.2, 0.25) is 5.02 Å². The third kappa shape index (κ3) is 2.62. The molecule has 9 heteroatoms. The first-order valence-corrected chi connectivity index (χ1v) is 7.01. The summed E-state index contributed by atoms with van der Waals surface area (Å²) < 4.78 is 14.8. The van der Waals surface area contributed by atoms with Crippen LogP contribution in [0.15, 0.2) is 29.3 Å². The summed E-state index contributed by atoms with van der Waals surface area (Å²) in [5, 5.41) is 0.0626. The highest BCUT2D eigenvalue weighted by Crippen LogP contribution is 2.23. The standard InChI is InChI=1S/C14H12ClFN6O/c1-6(17)13-21-12-8(2-7(16)3-9(12)15)14(23)22(13)11-5-19-10(18)4-20-11/h2-6H,17H2,1H3,(H2,18,19). The predicted molar refractivity (Wildman–Crippen MR) is 84.9 cm³/mol. The molecule has 0 saturated heterocycles. The van der Waals surface area contributed by atoms with Crippen LogP contribution in [0.3, 0.4) is 0 Å². The summed E-state index contributed by atoms with van der Waals surface area (Å²) >= 11 is 5.99. The smallest absolute Gasteiger partial charge is 0.267 e. The predicted octanol–water partition coefficient (Wildman–Crippen LogP) is 1.57. The Kier molecular flexibility index (Phi) is 3.70. The summed E-state index contributed by atoms with van der Waals surface area (Å²) in [5.74, 6) is -0.0155. The fourth-order valence-corrected chi connectivity index (χ4v) is 2.45. The van der Waals surface area contributed by atoms with Crippen LogP contribution in [0.5, 0.6) is 0 Å². The number of benzene rings is 1. The van der Waals surface area contributed by atoms with Crippen molar-refractivity contribution in [2.75, 3.05) is 5.73 Å². The van der Waals surface area contributed by atoms with E-state index in [0.717, 1.165) is 12.1 Å². The van der Waals surface area contributed by atoms with Crippen molar-refractivity contribution < 1.29 is 4.39 Å². The van der Waals surface area contributed by atoms with E-state index < -0.39 is 17.4 Å². The van der Waals surface area contributed by atoms with Crippen LogP contribution in [0.4, 0.5) is 10.2 Å². The average molecular weight is 335 g/mol. The largest absolute Gasteiger partial charge is 0.382 e. The number of aromatic nitrogens is 4. The van der Waals surface area contributed by atoms with Crippen LogP contribution in [0, 0.1) is 5.82 Å². The van der Waals surface area contributed by atoms with Crippen molar-refractivity contribution in [1.29, 1.82) is 0 Å². The molecule has 118 valence electrons. The molecule has 3 aromatic rings. The number of hydrogen-bond acceptors (Lipinski definition) is 6. The lowest BCUT2D eigenvalue weighted by molar-refractivity contribution is 0.628. The van der Waals surface area contributed by atoms with E-state index in [1.165, 1.54) is 17.0 Å². The van der Waals surface area contributed by atoms with Crippen molar-refractivity contribution in [1.82, 2.24) is 19.5 Å². The Morgan fingerprint density at radius 3 is 2.65 bits per heavy atom. The number of nitrogens with two attached hydrogens (primary N) is 2. The van der Waals surface area contributed by atoms with Gasteiger partial charge in [0.1, 0.15) is 17.5 Å². The highest BCUT2D eigenvalue weighted by Gasteiger charge is 2.18. The Hall–Kier alpha value is -2.58. The van der Waals surface area contributed by atoms with Crippen molar-refractivity contribution in [3.63, 3.8) is 0 Å². The van der Waals surface area contributed by atoms with Gasteiger partial charge in [-0.2, -0.15) is 0 Å². The minimum absolute atomic E-state index is 0.0259. The van der Waals surface area contributed by atoms with Crippen molar-refractivity contribution in [3.8, 4) is 5.82 Å². The molecule has 0 aliphatic rings. The van der Waals surface area contributed by atoms with E-state index in [4.69, 9.17) is 23.1 Å². The first-order valence-electron chi connectivity index (χ1n) is 6.63. The molecule has 0 radical (unpaired) electrons. The maximum Gasteiger partial charge on any atom is 0.267 e. The molecular weight excluding hydrogens is 323 g/mol. The first-order chi connectivity index (χ1) is 10.9. The molecule has 2 heterocycles. The van der Waals surface area contributed by atoms with Crippen LogP contribution >= 0.6 is 11.6 Å². The second-order valence-corrected chi connectivity index (χ2v) is 5.39. The summed E-state index contributed by atoms with van der Waals surface area (Å²) in [6, 6.07) is 1.57. The number of halogens is 2. The topological polar surface area (TPSA) is 113 Å². The van der Waals surface area contributed by atoms with Crippen LogP contribution < -0.4 is 17.0 Å². The van der Waals surface area contributed by atoms with E-state index in [0.29, 0.717) is 0 Å². The molecule has 3 rings (SSSR count). The van der Waals surface area contributed by atoms with E-state index in [2.05, 4.69) is 15.0 Å². The van der Waals surface area contributed by atoms with Gasteiger partial charge < -0.3 is 11.5 Å². The van der Waals surface area contributed by atoms with E-state index in [-0.39, 0.29) is 33.4 Å². The van der Waals surface area contributed by atoms with Crippen LogP contribution in [-0.2, 0) is 0 Å². The molecule has 1 aromatic carbocycles. The molecule has 1 unspecified atom stereocenters. The highest BCUT2D eigenvalue weighted by molar-refractivity contribution is 6.35. The third-order valence-electron chi connectivity index (χ3n) is 3.21. The highest BCUT2D eigenvalue weighted by atomic mass is 35.5. The molecule has 4 N–H and O–H groups in total. The van der Waals surface area contributed by atoms with Crippen molar-refractivity contribution in [3.05, 3.63) is 51.5 Å². The number of hydrogen-bond donors (Lipinski definition) is 2. The van der Waals surface area contributed by atoms with E-state index in [1.54, 1.807) is 6.92 Å². The van der Waals surface area contributed by atoms with E-state index >= 15 is 0 Å². The third-order valence-corrected chi connectivity index (χ3v) is 3.50. The fourth-order valence-electron chi connectivity index (χ4n) is 2.21. The zero-order chi connectivity index (χ0) is 16.7. The zero-order valence-electron chi connectivity index (χ0n) is 12.0. The molecular formula is C14H12ClFN6O. The van der Waals surface area contributed by atoms with Crippen LogP contribution in [-0.4, -0.2) is 19.5 Å². The van der Waals surface area contributed by atoms with E-state index in [9.17, 15) is 9.18 Å². The van der Waals surface area contributed by atoms with Crippen LogP contribution in [0.25, 0.3) is 16.7 Å². The minimum atomic E-state index is -0.634. The minimum Gasteiger partial charge on any atom is -0.382 e. The zero-order valence-corrected chi connectivity index (χ0v) is 12.8. The second-order valence-electron chi connectivity index (χ2n) is 4.98. The molecule has 0 aliphatic heterocycles. The number of rotatable bonds is 2. The van der Waals surface area contributed by atoms with Gasteiger partial charge in [-0.15, -0.1) is 0 Å². The number of nitrogens with zero attached hydrogens (tertiary/aromatic N) is 4. The molecule has 0 bridgehead atoms. The fraction of sp³-hybridized carbons (Fsp3) is 0.143. The van der Waals surface area contributed by atoms with Crippen molar-refractivity contribution in [2.24, 2.45) is 5.73 Å². The summed E-state index contributed by atoms with van der Waals surface area (Å²) in [6.07, 6.45) is 2.62. The molecule has 0 spiro atoms. The van der Waals surface area contributed by atoms with Gasteiger partial charge in [-0.1, -0.05) is 11.6 Å². The molecule has 0 aliphatic carbocycles. The van der Waals surface area contributed by atoms with Gasteiger partial charge in [0.2, 0.25) is 0 Å². The lowest BCUT2D eigenvalue weighted by atomic mass is 10.2. The van der Waals surface area contributed by atoms with Crippen molar-refractivity contribution >= 4 is 28.3 Å². The van der Waals surface area contributed by atoms with Gasteiger partial charge in [0, 0.05) is 0 Å². The Morgan fingerprint density at radius 2 is 2.04 bits per heavy atom. The lowest BCUT2D eigenvalue weighted by Gasteiger charge is -2.15. The molecule has 7 nitrogen and oxygen atoms in total. The maximum atomic E-state index is 13.6. The van der Waals surface area contributed by atoms with Gasteiger partial charge in [-0.05, 0) is 19.1 Å². The number of fused-ring (bicyclic) bond motifs is 1. The van der Waals surface area contributed by atoms with Crippen molar-refractivity contribution in [2.45, 2.75) is 13.0 Å². The molecule has 2 aromatic heterocycles. The molecule has 0 amide bonds. The Balaban J connectivity index is 2.44. The number of anilines is 1. The van der Waals surface area contributed by atoms with Gasteiger partial charge >= 0.3 is 0 Å². The average Bonchev–Trinajstić information content (AvgIpc) is 2.49. The second kappa shape index (κ2) is 5.56. The van der Waals surface area contributed by atoms with Gasteiger partial charge in [-0.3, -0.25) is 4.79 Å². The lowest BCUT2D eigenvalue weighted by Crippen LogP contribution is -2.28. The summed E-state index contributed by atoms with van der Waals surface area (Å²) in [7, 11) is 0. The monoisotopic (exact) mass is 334 g/mol. The summed E-state index contributed by atoms with van der Waals surface area (Å²) in [6.45, 7) is 1.66. The van der Waals surface area contributed by atoms with Crippen LogP contribution in [0.1, 0.15) is 18.8 Å². The van der Waals surface area contributed by atoms with Gasteiger partial charge in [-0.25, -0.2) is 23.9 Å². The quantitative estimate of drug-likeness (QED) is 0.735. The van der Waals surface area contributed by atoms with Gasteiger partial charge in [0.05, 0.1) is 34.4 Å². The Bertz CT molecular complexity index is 954. The first kappa shape index (κ1) is 15.3. The van der Waals surface area contributed by atoms with Gasteiger partial charge in [0.25, 0.3) is 5.56 Å². The summed E-state index contributed by atoms with van der Waals surface area (Å²) in [5.41, 5.74) is 11.1. The number of nitrogen functional groups attached to an aromatic ring is 1. The Morgan fingerprint density at radius 1 is 1.30 bits per heavy atom. The molecule has 23 heavy (non-hydrogen) atoms. The van der Waals surface area contributed by atoms with Gasteiger partial charge in [0.15, 0.2) is 5.82 Å². The Labute approximate surface area is 134 Å². The normalized spacial score (nSPS) is 12.5. The molecule has 0 saturated carbocycles. The van der Waals surface area contributed by atoms with E-state index in [1.807, 2.05) is 0 Å². The SMILES string of the molecule is CC(N)c1nc2c(Cl)cc(F)cc2c(=O)n1-c1cnc(N)cn1. The maximum absolute atomic E-state index is 13.6.